The van der Waals surface area contributed by atoms with E-state index in [-0.39, 0.29) is 0 Å². The summed E-state index contributed by atoms with van der Waals surface area (Å²) in [6, 6.07) is 24.7. The number of aryl methyl sites for hydroxylation is 3. The van der Waals surface area contributed by atoms with Crippen LogP contribution in [-0.2, 0) is 19.9 Å². The number of hydrogen-bond acceptors (Lipinski definition) is 1. The molecule has 0 saturated heterocycles. The minimum absolute atomic E-state index is 0.314. The second-order valence-electron chi connectivity index (χ2n) is 13.4. The Morgan fingerprint density at radius 2 is 1.64 bits per heavy atom. The van der Waals surface area contributed by atoms with Gasteiger partial charge in [0.25, 0.3) is 0 Å². The summed E-state index contributed by atoms with van der Waals surface area (Å²) in [6.45, 7) is 13.5. The van der Waals surface area contributed by atoms with Crippen molar-refractivity contribution in [3.8, 4) is 22.9 Å². The fourth-order valence-electron chi connectivity index (χ4n) is 7.36. The molecule has 0 aliphatic carbocycles. The van der Waals surface area contributed by atoms with Gasteiger partial charge in [-0.2, -0.15) is 0 Å². The topological polar surface area (TPSA) is 42.4 Å². The molecule has 6 aromatic rings. The Morgan fingerprint density at radius 3 is 2.36 bits per heavy atom. The van der Waals surface area contributed by atoms with Crippen LogP contribution in [0.25, 0.3) is 22.9 Å². The normalized spacial score (nSPS) is 14.3. The third-order valence-electron chi connectivity index (χ3n) is 9.51. The van der Waals surface area contributed by atoms with Gasteiger partial charge in [-0.25, -0.2) is 4.98 Å². The van der Waals surface area contributed by atoms with E-state index >= 15 is 0 Å². The summed E-state index contributed by atoms with van der Waals surface area (Å²) in [7, 11) is 2.07. The van der Waals surface area contributed by atoms with Crippen LogP contribution in [0.2, 0.25) is 0 Å². The van der Waals surface area contributed by atoms with Crippen molar-refractivity contribution in [1.82, 2.24) is 19.1 Å². The molecule has 1 atom stereocenters. The lowest BCUT2D eigenvalue weighted by molar-refractivity contribution is -0.612. The van der Waals surface area contributed by atoms with Gasteiger partial charge in [-0.05, 0) is 83.2 Å². The minimum atomic E-state index is 0.314. The summed E-state index contributed by atoms with van der Waals surface area (Å²) in [5, 5.41) is 0. The quantitative estimate of drug-likeness (QED) is 0.147. The molecule has 0 amide bonds. The van der Waals surface area contributed by atoms with Crippen molar-refractivity contribution in [3.05, 3.63) is 142 Å². The number of aromatic nitrogens is 5. The van der Waals surface area contributed by atoms with E-state index in [9.17, 15) is 0 Å². The lowest BCUT2D eigenvalue weighted by Gasteiger charge is -2.30. The maximum atomic E-state index is 4.84. The summed E-state index contributed by atoms with van der Waals surface area (Å²) in [5.74, 6) is 2.08. The van der Waals surface area contributed by atoms with Crippen molar-refractivity contribution in [2.24, 2.45) is 7.05 Å². The molecule has 0 fully saturated rings. The predicted octanol–water partition coefficient (Wildman–Crippen LogP) is 8.43. The molecule has 7 rings (SSSR count). The van der Waals surface area contributed by atoms with E-state index in [4.69, 9.17) is 4.98 Å². The highest BCUT2D eigenvalue weighted by Crippen LogP contribution is 2.37. The molecule has 1 N–H and O–H groups in total. The standard InChI is InChI=1S/C40H43N5/c1-25(2)32-12-9-13-33(26(3)4)39(32)44-19-18-41-40(44)35-17-16-31(42-35)20-29-14-15-30-22-34(38-27(5)10-8-11-28(38)6)37-23-43(7)24-45(37)36(30)21-29/h8-19,21,23,25-26,34,42H,20,22H2,1-7H3. The van der Waals surface area contributed by atoms with Crippen molar-refractivity contribution in [1.29, 1.82) is 0 Å². The molecular formula is C40H43N5. The molecule has 45 heavy (non-hydrogen) atoms. The molecule has 0 bridgehead atoms. The number of aromatic amines is 1. The summed E-state index contributed by atoms with van der Waals surface area (Å²) in [5.41, 5.74) is 15.5. The first-order valence-electron chi connectivity index (χ1n) is 16.2. The largest absolute Gasteiger partial charge is 0.356 e. The first kappa shape index (κ1) is 29.1. The summed E-state index contributed by atoms with van der Waals surface area (Å²) < 4.78 is 6.63. The Morgan fingerprint density at radius 1 is 0.933 bits per heavy atom. The van der Waals surface area contributed by atoms with Gasteiger partial charge in [0.15, 0.2) is 5.82 Å². The second-order valence-corrected chi connectivity index (χ2v) is 13.4. The molecule has 0 saturated carbocycles. The van der Waals surface area contributed by atoms with Crippen LogP contribution in [0, 0.1) is 20.2 Å². The van der Waals surface area contributed by atoms with Crippen LogP contribution in [-0.4, -0.2) is 19.1 Å². The van der Waals surface area contributed by atoms with E-state index in [1.54, 1.807) is 0 Å². The minimum Gasteiger partial charge on any atom is -0.356 e. The highest BCUT2D eigenvalue weighted by atomic mass is 15.1. The van der Waals surface area contributed by atoms with E-state index in [0.717, 1.165) is 24.4 Å². The molecule has 5 heteroatoms. The highest BCUT2D eigenvalue weighted by Gasteiger charge is 2.28. The maximum Gasteiger partial charge on any atom is 0.243 e. The monoisotopic (exact) mass is 593 g/mol. The Hall–Kier alpha value is -4.64. The number of imidazole rings is 2. The molecule has 4 heterocycles. The second kappa shape index (κ2) is 11.4. The van der Waals surface area contributed by atoms with Gasteiger partial charge in [0.05, 0.1) is 24.1 Å². The number of fused-ring (bicyclic) bond motifs is 3. The summed E-state index contributed by atoms with van der Waals surface area (Å²) in [6.07, 6.45) is 11.6. The summed E-state index contributed by atoms with van der Waals surface area (Å²) in [4.78, 5) is 8.55. The molecule has 1 aliphatic rings. The Kier molecular flexibility index (Phi) is 7.35. The lowest BCUT2D eigenvalue weighted by Crippen LogP contribution is -2.40. The lowest BCUT2D eigenvalue weighted by atomic mass is 9.81. The van der Waals surface area contributed by atoms with Crippen LogP contribution < -0.4 is 4.57 Å². The van der Waals surface area contributed by atoms with Crippen LogP contribution in [0.15, 0.2) is 85.3 Å². The molecular weight excluding hydrogens is 550 g/mol. The molecule has 1 aliphatic heterocycles. The van der Waals surface area contributed by atoms with Crippen molar-refractivity contribution >= 4 is 0 Å². The average molecular weight is 594 g/mol. The third kappa shape index (κ3) is 5.14. The number of H-pyrrole nitrogens is 1. The number of nitrogens with one attached hydrogen (secondary N) is 1. The average Bonchev–Trinajstić information content (AvgIpc) is 3.76. The molecule has 3 aromatic carbocycles. The van der Waals surface area contributed by atoms with E-state index in [1.165, 1.54) is 61.7 Å². The zero-order valence-corrected chi connectivity index (χ0v) is 27.5. The van der Waals surface area contributed by atoms with E-state index in [2.05, 4.69) is 153 Å². The van der Waals surface area contributed by atoms with Gasteiger partial charge in [0.1, 0.15) is 0 Å². The number of para-hydroxylation sites is 1. The van der Waals surface area contributed by atoms with E-state index in [1.807, 2.05) is 6.20 Å². The SMILES string of the molecule is Cc1cccc(C)c1C1Cc2ccc(Cc3ccc(-c4nccn4-c4c(C(C)C)cccc4C(C)C)[nH]3)cc2-[n+]2[c-]n(C)cc21. The predicted molar refractivity (Wildman–Crippen MR) is 182 cm³/mol. The first-order valence-corrected chi connectivity index (χ1v) is 16.2. The fraction of sp³-hybridized carbons (Fsp3) is 0.300. The highest BCUT2D eigenvalue weighted by molar-refractivity contribution is 5.60. The van der Waals surface area contributed by atoms with Gasteiger partial charge in [-0.1, -0.05) is 82.3 Å². The van der Waals surface area contributed by atoms with Gasteiger partial charge in [-0.15, -0.1) is 0 Å². The molecule has 3 aromatic heterocycles. The number of hydrogen-bond donors (Lipinski definition) is 1. The molecule has 1 unspecified atom stereocenters. The van der Waals surface area contributed by atoms with Gasteiger partial charge >= 0.3 is 0 Å². The Bertz CT molecular complexity index is 1970. The smallest absolute Gasteiger partial charge is 0.243 e. The van der Waals surface area contributed by atoms with Crippen molar-refractivity contribution in [2.45, 2.75) is 72.1 Å². The van der Waals surface area contributed by atoms with Crippen molar-refractivity contribution in [2.75, 3.05) is 0 Å². The van der Waals surface area contributed by atoms with Gasteiger partial charge in [0.2, 0.25) is 6.33 Å². The molecule has 228 valence electrons. The van der Waals surface area contributed by atoms with Crippen LogP contribution >= 0.6 is 0 Å². The maximum absolute atomic E-state index is 4.84. The van der Waals surface area contributed by atoms with Crippen molar-refractivity contribution in [3.63, 3.8) is 0 Å². The zero-order valence-electron chi connectivity index (χ0n) is 27.5. The molecule has 0 radical (unpaired) electrons. The third-order valence-corrected chi connectivity index (χ3v) is 9.51. The Balaban J connectivity index is 1.21. The summed E-state index contributed by atoms with van der Waals surface area (Å²) >= 11 is 0. The number of rotatable bonds is 7. The zero-order chi connectivity index (χ0) is 31.4. The number of benzene rings is 3. The van der Waals surface area contributed by atoms with Crippen LogP contribution in [0.5, 0.6) is 0 Å². The van der Waals surface area contributed by atoms with Crippen LogP contribution in [0.3, 0.4) is 0 Å². The van der Waals surface area contributed by atoms with Gasteiger partial charge in [-0.3, -0.25) is 4.57 Å². The van der Waals surface area contributed by atoms with Crippen molar-refractivity contribution < 1.29 is 4.57 Å². The van der Waals surface area contributed by atoms with Gasteiger partial charge in [0, 0.05) is 42.3 Å². The van der Waals surface area contributed by atoms with E-state index in [0.29, 0.717) is 17.8 Å². The molecule has 5 nitrogen and oxygen atoms in total. The number of nitrogens with zero attached hydrogens (tertiary/aromatic N) is 4. The van der Waals surface area contributed by atoms with Crippen LogP contribution in [0.1, 0.15) is 95.8 Å². The first-order chi connectivity index (χ1) is 21.7. The fourth-order valence-corrected chi connectivity index (χ4v) is 7.36. The van der Waals surface area contributed by atoms with Crippen LogP contribution in [0.4, 0.5) is 0 Å². The molecule has 0 spiro atoms. The Labute approximate surface area is 267 Å². The van der Waals surface area contributed by atoms with E-state index < -0.39 is 0 Å². The van der Waals surface area contributed by atoms with Gasteiger partial charge < -0.3 is 14.1 Å².